The number of fused-ring (bicyclic) bond motifs is 1. The van der Waals surface area contributed by atoms with Crippen LogP contribution in [0.4, 0.5) is 18.9 Å². The average molecular weight is 409 g/mol. The van der Waals surface area contributed by atoms with Crippen LogP contribution in [-0.4, -0.2) is 27.6 Å². The normalized spacial score (nSPS) is 11.5. The average Bonchev–Trinajstić information content (AvgIpc) is 3.00. The summed E-state index contributed by atoms with van der Waals surface area (Å²) in [5.41, 5.74) is -0.786. The third-order valence-electron chi connectivity index (χ3n) is 4.25. The number of ether oxygens (including phenoxy) is 2. The maximum absolute atomic E-state index is 12.9. The van der Waals surface area contributed by atoms with Crippen molar-refractivity contribution >= 4 is 22.7 Å². The molecule has 1 aromatic heterocycles. The van der Waals surface area contributed by atoms with Gasteiger partial charge in [0.05, 0.1) is 28.6 Å². The molecule has 0 aliphatic rings. The Labute approximate surface area is 161 Å². The molecule has 0 aliphatic carbocycles. The number of rotatable bonds is 5. The number of nitro benzene ring substituents is 1. The van der Waals surface area contributed by atoms with Crippen molar-refractivity contribution in [2.45, 2.75) is 12.8 Å². The summed E-state index contributed by atoms with van der Waals surface area (Å²) in [7, 11) is 2.86. The molecule has 0 atom stereocenters. The highest BCUT2D eigenvalue weighted by Crippen LogP contribution is 2.31. The molecule has 29 heavy (non-hydrogen) atoms. The number of halogens is 3. The van der Waals surface area contributed by atoms with Gasteiger partial charge in [-0.15, -0.1) is 0 Å². The third kappa shape index (κ3) is 3.98. The number of carbonyl (C=O) groups excluding carboxylic acids is 1. The van der Waals surface area contributed by atoms with Gasteiger partial charge in [-0.05, 0) is 24.3 Å². The van der Waals surface area contributed by atoms with Crippen LogP contribution >= 0.6 is 0 Å². The molecule has 152 valence electrons. The Morgan fingerprint density at radius 2 is 1.97 bits per heavy atom. The number of hydrogen-bond acceptors (Lipinski definition) is 6. The summed E-state index contributed by atoms with van der Waals surface area (Å²) >= 11 is 0. The number of non-ortho nitro benzene ring substituents is 1. The second kappa shape index (κ2) is 7.41. The minimum Gasteiger partial charge on any atom is -0.496 e. The van der Waals surface area contributed by atoms with Crippen LogP contribution in [0.3, 0.4) is 0 Å². The van der Waals surface area contributed by atoms with Gasteiger partial charge in [-0.25, -0.2) is 9.78 Å². The van der Waals surface area contributed by atoms with E-state index in [1.165, 1.54) is 29.9 Å². The summed E-state index contributed by atoms with van der Waals surface area (Å²) < 4.78 is 50.3. The summed E-state index contributed by atoms with van der Waals surface area (Å²) in [4.78, 5) is 26.7. The zero-order chi connectivity index (χ0) is 21.3. The van der Waals surface area contributed by atoms with E-state index in [2.05, 4.69) is 4.98 Å². The molecule has 0 spiro atoms. The van der Waals surface area contributed by atoms with Gasteiger partial charge in [0, 0.05) is 19.2 Å². The molecule has 0 bridgehead atoms. The molecule has 0 saturated carbocycles. The third-order valence-corrected chi connectivity index (χ3v) is 4.25. The highest BCUT2D eigenvalue weighted by atomic mass is 19.4. The van der Waals surface area contributed by atoms with E-state index in [0.717, 1.165) is 18.2 Å². The molecule has 0 amide bonds. The van der Waals surface area contributed by atoms with E-state index < -0.39 is 22.6 Å². The number of aromatic nitrogens is 2. The highest BCUT2D eigenvalue weighted by molar-refractivity contribution is 5.93. The fourth-order valence-corrected chi connectivity index (χ4v) is 2.73. The topological polar surface area (TPSA) is 96.5 Å². The zero-order valence-corrected chi connectivity index (χ0v) is 15.2. The monoisotopic (exact) mass is 409 g/mol. The molecule has 3 rings (SSSR count). The van der Waals surface area contributed by atoms with Crippen molar-refractivity contribution in [3.05, 3.63) is 63.5 Å². The fraction of sp³-hybridized carbons (Fsp3) is 0.222. The fourth-order valence-electron chi connectivity index (χ4n) is 2.73. The first-order valence-corrected chi connectivity index (χ1v) is 8.14. The second-order valence-corrected chi connectivity index (χ2v) is 6.01. The molecule has 8 nitrogen and oxygen atoms in total. The lowest BCUT2D eigenvalue weighted by atomic mass is 10.2. The van der Waals surface area contributed by atoms with Crippen molar-refractivity contribution < 1.29 is 32.4 Å². The Hall–Kier alpha value is -3.63. The first kappa shape index (κ1) is 20.1. The summed E-state index contributed by atoms with van der Waals surface area (Å²) in [6.07, 6.45) is -4.50. The Morgan fingerprint density at radius 3 is 2.59 bits per heavy atom. The van der Waals surface area contributed by atoms with E-state index in [9.17, 15) is 28.1 Å². The van der Waals surface area contributed by atoms with Crippen LogP contribution in [0, 0.1) is 10.1 Å². The van der Waals surface area contributed by atoms with Gasteiger partial charge in [-0.3, -0.25) is 10.1 Å². The van der Waals surface area contributed by atoms with Gasteiger partial charge in [-0.2, -0.15) is 13.2 Å². The summed E-state index contributed by atoms with van der Waals surface area (Å²) in [6.45, 7) is -0.350. The van der Waals surface area contributed by atoms with E-state index in [4.69, 9.17) is 9.47 Å². The van der Waals surface area contributed by atoms with Gasteiger partial charge in [0.25, 0.3) is 5.69 Å². The molecule has 3 aromatic rings. The number of aryl methyl sites for hydroxylation is 1. The lowest BCUT2D eigenvalue weighted by Gasteiger charge is -2.09. The number of nitrogens with zero attached hydrogens (tertiary/aromatic N) is 3. The standard InChI is InChI=1S/C18H14F3N3O5/c1-23-14-5-3-10(18(19,20)21)7-13(14)22-16(23)9-29-17(25)12-8-11(24(26)27)4-6-15(12)28-2/h3-8H,9H2,1-2H3. The molecule has 0 fully saturated rings. The smallest absolute Gasteiger partial charge is 0.416 e. The van der Waals surface area contributed by atoms with Crippen molar-refractivity contribution in [3.8, 4) is 5.75 Å². The number of carbonyl (C=O) groups is 1. The number of methoxy groups -OCH3 is 1. The minimum atomic E-state index is -4.50. The van der Waals surface area contributed by atoms with Crippen molar-refractivity contribution in [2.75, 3.05) is 7.11 Å². The predicted octanol–water partition coefficient (Wildman–Crippen LogP) is 3.87. The Bertz CT molecular complexity index is 1110. The molecule has 0 radical (unpaired) electrons. The van der Waals surface area contributed by atoms with Gasteiger partial charge in [0.15, 0.2) is 0 Å². The Balaban J connectivity index is 1.85. The van der Waals surface area contributed by atoms with Crippen molar-refractivity contribution in [1.82, 2.24) is 9.55 Å². The van der Waals surface area contributed by atoms with E-state index in [1.54, 1.807) is 7.05 Å². The maximum atomic E-state index is 12.9. The van der Waals surface area contributed by atoms with Crippen LogP contribution in [-0.2, 0) is 24.6 Å². The number of imidazole rings is 1. The van der Waals surface area contributed by atoms with Crippen molar-refractivity contribution in [3.63, 3.8) is 0 Å². The SMILES string of the molecule is COc1ccc([N+](=O)[O-])cc1C(=O)OCc1nc2cc(C(F)(F)F)ccc2n1C. The van der Waals surface area contributed by atoms with Crippen LogP contribution < -0.4 is 4.74 Å². The Kier molecular flexibility index (Phi) is 5.14. The lowest BCUT2D eigenvalue weighted by Crippen LogP contribution is -2.10. The van der Waals surface area contributed by atoms with E-state index >= 15 is 0 Å². The van der Waals surface area contributed by atoms with E-state index in [1.807, 2.05) is 0 Å². The summed E-state index contributed by atoms with van der Waals surface area (Å²) in [5, 5.41) is 10.9. The first-order valence-electron chi connectivity index (χ1n) is 8.14. The summed E-state index contributed by atoms with van der Waals surface area (Å²) in [6, 6.07) is 6.59. The van der Waals surface area contributed by atoms with Crippen LogP contribution in [0.15, 0.2) is 36.4 Å². The molecular formula is C18H14F3N3O5. The largest absolute Gasteiger partial charge is 0.496 e. The van der Waals surface area contributed by atoms with E-state index in [0.29, 0.717) is 5.52 Å². The maximum Gasteiger partial charge on any atom is 0.416 e. The molecule has 0 aliphatic heterocycles. The van der Waals surface area contributed by atoms with Crippen molar-refractivity contribution in [2.24, 2.45) is 7.05 Å². The molecular weight excluding hydrogens is 395 g/mol. The van der Waals surface area contributed by atoms with Crippen molar-refractivity contribution in [1.29, 1.82) is 0 Å². The summed E-state index contributed by atoms with van der Waals surface area (Å²) in [5.74, 6) is -0.605. The molecule has 11 heteroatoms. The molecule has 1 heterocycles. The minimum absolute atomic E-state index is 0.0837. The lowest BCUT2D eigenvalue weighted by molar-refractivity contribution is -0.384. The number of alkyl halides is 3. The van der Waals surface area contributed by atoms with Gasteiger partial charge >= 0.3 is 12.1 Å². The van der Waals surface area contributed by atoms with Crippen LogP contribution in [0.25, 0.3) is 11.0 Å². The quantitative estimate of drug-likeness (QED) is 0.361. The molecule has 0 N–H and O–H groups in total. The van der Waals surface area contributed by atoms with Gasteiger partial charge in [0.1, 0.15) is 23.7 Å². The predicted molar refractivity (Wildman–Crippen MR) is 94.5 cm³/mol. The van der Waals surface area contributed by atoms with Crippen LogP contribution in [0.2, 0.25) is 0 Å². The Morgan fingerprint density at radius 1 is 1.24 bits per heavy atom. The second-order valence-electron chi connectivity index (χ2n) is 6.01. The first-order chi connectivity index (χ1) is 13.6. The highest BCUT2D eigenvalue weighted by Gasteiger charge is 2.31. The van der Waals surface area contributed by atoms with Gasteiger partial charge in [0.2, 0.25) is 0 Å². The van der Waals surface area contributed by atoms with Gasteiger partial charge in [-0.1, -0.05) is 0 Å². The number of benzene rings is 2. The van der Waals surface area contributed by atoms with Gasteiger partial charge < -0.3 is 14.0 Å². The number of nitro groups is 1. The molecule has 2 aromatic carbocycles. The van der Waals surface area contributed by atoms with Crippen LogP contribution in [0.5, 0.6) is 5.75 Å². The molecule has 0 saturated heterocycles. The van der Waals surface area contributed by atoms with E-state index in [-0.39, 0.29) is 34.9 Å². The zero-order valence-electron chi connectivity index (χ0n) is 15.2. The molecule has 0 unspecified atom stereocenters. The number of esters is 1. The van der Waals surface area contributed by atoms with Crippen LogP contribution in [0.1, 0.15) is 21.7 Å². The number of hydrogen-bond donors (Lipinski definition) is 0.